The van der Waals surface area contributed by atoms with E-state index in [2.05, 4.69) is 5.32 Å². The number of nitrogens with zero attached hydrogens (tertiary/aromatic N) is 1. The van der Waals surface area contributed by atoms with E-state index in [0.717, 1.165) is 11.3 Å². The molecule has 2 heterocycles. The molecule has 150 valence electrons. The molecule has 0 aliphatic carbocycles. The lowest BCUT2D eigenvalue weighted by Gasteiger charge is -2.38. The van der Waals surface area contributed by atoms with Gasteiger partial charge in [0.15, 0.2) is 11.5 Å². The van der Waals surface area contributed by atoms with Gasteiger partial charge in [0.25, 0.3) is 5.91 Å². The van der Waals surface area contributed by atoms with Gasteiger partial charge in [0.1, 0.15) is 17.7 Å². The largest absolute Gasteiger partial charge is 0.496 e. The molecule has 2 aromatic carbocycles. The summed E-state index contributed by atoms with van der Waals surface area (Å²) in [7, 11) is 4.72. The summed E-state index contributed by atoms with van der Waals surface area (Å²) in [6.45, 7) is 0.301. The van der Waals surface area contributed by atoms with E-state index in [9.17, 15) is 4.79 Å². The van der Waals surface area contributed by atoms with Crippen LogP contribution in [0.25, 0.3) is 0 Å². The molecule has 1 aliphatic rings. The number of para-hydroxylation sites is 1. The van der Waals surface area contributed by atoms with Gasteiger partial charge in [-0.15, -0.1) is 0 Å². The molecular formula is C22H22N2O5. The van der Waals surface area contributed by atoms with E-state index in [1.165, 1.54) is 0 Å². The highest BCUT2D eigenvalue weighted by molar-refractivity contribution is 6.01. The predicted octanol–water partition coefficient (Wildman–Crippen LogP) is 4.07. The molecule has 1 aliphatic heterocycles. The number of carbonyl (C=O) groups is 1. The third-order valence-electron chi connectivity index (χ3n) is 4.96. The first-order chi connectivity index (χ1) is 14.2. The molecule has 7 nitrogen and oxygen atoms in total. The Hall–Kier alpha value is -3.61. The molecule has 7 heteroatoms. The first kappa shape index (κ1) is 18.7. The Balaban J connectivity index is 1.84. The number of methoxy groups -OCH3 is 3. The molecule has 0 saturated heterocycles. The Labute approximate surface area is 168 Å². The highest BCUT2D eigenvalue weighted by atomic mass is 16.5. The molecule has 0 fully saturated rings. The number of fused-ring (bicyclic) bond motifs is 1. The fourth-order valence-electron chi connectivity index (χ4n) is 3.54. The molecule has 0 saturated carbocycles. The van der Waals surface area contributed by atoms with Crippen LogP contribution in [0.4, 0.5) is 5.69 Å². The monoisotopic (exact) mass is 394 g/mol. The van der Waals surface area contributed by atoms with Gasteiger partial charge in [-0.1, -0.05) is 12.1 Å². The summed E-state index contributed by atoms with van der Waals surface area (Å²) in [4.78, 5) is 15.1. The van der Waals surface area contributed by atoms with E-state index < -0.39 is 6.17 Å². The molecular weight excluding hydrogens is 372 g/mol. The first-order valence-electron chi connectivity index (χ1n) is 9.15. The Bertz CT molecular complexity index is 1020. The van der Waals surface area contributed by atoms with Crippen LogP contribution >= 0.6 is 0 Å². The second-order valence-corrected chi connectivity index (χ2v) is 6.55. The summed E-state index contributed by atoms with van der Waals surface area (Å²) in [5, 5.41) is 3.46. The summed E-state index contributed by atoms with van der Waals surface area (Å²) in [6, 6.07) is 14.7. The van der Waals surface area contributed by atoms with Gasteiger partial charge in [-0.25, -0.2) is 0 Å². The third kappa shape index (κ3) is 3.35. The molecule has 0 unspecified atom stereocenters. The zero-order chi connectivity index (χ0) is 20.4. The average molecular weight is 394 g/mol. The standard InChI is InChI=1S/C22H22N2O5/c1-26-18-12-20(28-3)19(27-2)11-16(18)21-23-17-9-5-4-8-15(17)22(25)24(21)13-14-7-6-10-29-14/h4-12,21,23H,13H2,1-3H3/t21-/m1/s1. The van der Waals surface area contributed by atoms with Crippen LogP contribution in [0.2, 0.25) is 0 Å². The van der Waals surface area contributed by atoms with Crippen LogP contribution in [0.5, 0.6) is 17.2 Å². The van der Waals surface area contributed by atoms with Crippen molar-refractivity contribution in [2.75, 3.05) is 26.6 Å². The predicted molar refractivity (Wildman–Crippen MR) is 107 cm³/mol. The normalized spacial score (nSPS) is 15.5. The summed E-state index contributed by atoms with van der Waals surface area (Å²) < 4.78 is 22.0. The number of anilines is 1. The number of nitrogens with one attached hydrogen (secondary N) is 1. The molecule has 0 radical (unpaired) electrons. The number of rotatable bonds is 6. The van der Waals surface area contributed by atoms with Gasteiger partial charge in [0.05, 0.1) is 39.7 Å². The van der Waals surface area contributed by atoms with Crippen molar-refractivity contribution in [3.63, 3.8) is 0 Å². The van der Waals surface area contributed by atoms with Crippen LogP contribution in [-0.2, 0) is 6.54 Å². The van der Waals surface area contributed by atoms with Crippen LogP contribution < -0.4 is 19.5 Å². The lowest BCUT2D eigenvalue weighted by atomic mass is 10.0. The van der Waals surface area contributed by atoms with Crippen molar-refractivity contribution in [2.45, 2.75) is 12.7 Å². The zero-order valence-corrected chi connectivity index (χ0v) is 16.5. The minimum Gasteiger partial charge on any atom is -0.496 e. The minimum atomic E-state index is -0.489. The van der Waals surface area contributed by atoms with E-state index in [-0.39, 0.29) is 5.91 Å². The summed E-state index contributed by atoms with van der Waals surface area (Å²) >= 11 is 0. The molecule has 1 N–H and O–H groups in total. The lowest BCUT2D eigenvalue weighted by Crippen LogP contribution is -2.42. The molecule has 0 spiro atoms. The van der Waals surface area contributed by atoms with E-state index >= 15 is 0 Å². The van der Waals surface area contributed by atoms with Crippen molar-refractivity contribution in [3.05, 3.63) is 71.7 Å². The molecule has 3 aromatic rings. The topological polar surface area (TPSA) is 73.2 Å². The summed E-state index contributed by atoms with van der Waals surface area (Å²) in [6.07, 6.45) is 1.11. The van der Waals surface area contributed by atoms with Crippen LogP contribution in [0.3, 0.4) is 0 Å². The second kappa shape index (κ2) is 7.79. The number of ether oxygens (including phenoxy) is 3. The molecule has 1 atom stereocenters. The highest BCUT2D eigenvalue weighted by Crippen LogP contribution is 2.42. The number of furan rings is 1. The number of hydrogen-bond donors (Lipinski definition) is 1. The quantitative estimate of drug-likeness (QED) is 0.679. The fourth-order valence-corrected chi connectivity index (χ4v) is 3.54. The van der Waals surface area contributed by atoms with Crippen LogP contribution in [0, 0.1) is 0 Å². The number of benzene rings is 2. The fraction of sp³-hybridized carbons (Fsp3) is 0.227. The molecule has 4 rings (SSSR count). The van der Waals surface area contributed by atoms with Gasteiger partial charge >= 0.3 is 0 Å². The van der Waals surface area contributed by atoms with Gasteiger partial charge in [-0.2, -0.15) is 0 Å². The molecule has 0 bridgehead atoms. The number of amides is 1. The van der Waals surface area contributed by atoms with Crippen molar-refractivity contribution < 1.29 is 23.4 Å². The maximum Gasteiger partial charge on any atom is 0.258 e. The van der Waals surface area contributed by atoms with Gasteiger partial charge in [0, 0.05) is 17.3 Å². The van der Waals surface area contributed by atoms with Crippen molar-refractivity contribution in [2.24, 2.45) is 0 Å². The van der Waals surface area contributed by atoms with Gasteiger partial charge in [-0.3, -0.25) is 4.79 Å². The van der Waals surface area contributed by atoms with Crippen molar-refractivity contribution in [3.8, 4) is 17.2 Å². The SMILES string of the molecule is COc1cc(OC)c([C@@H]2Nc3ccccc3C(=O)N2Cc2ccco2)cc1OC. The first-order valence-corrected chi connectivity index (χ1v) is 9.15. The summed E-state index contributed by atoms with van der Waals surface area (Å²) in [5.41, 5.74) is 2.12. The zero-order valence-electron chi connectivity index (χ0n) is 16.5. The van der Waals surface area contributed by atoms with Crippen LogP contribution in [0.15, 0.2) is 59.2 Å². The average Bonchev–Trinajstić information content (AvgIpc) is 3.28. The van der Waals surface area contributed by atoms with Gasteiger partial charge < -0.3 is 28.8 Å². The highest BCUT2D eigenvalue weighted by Gasteiger charge is 2.35. The van der Waals surface area contributed by atoms with Gasteiger partial charge in [0.2, 0.25) is 0 Å². The van der Waals surface area contributed by atoms with Gasteiger partial charge in [-0.05, 0) is 30.3 Å². The van der Waals surface area contributed by atoms with Crippen LogP contribution in [-0.4, -0.2) is 32.1 Å². The number of carbonyl (C=O) groups excluding carboxylic acids is 1. The maximum absolute atomic E-state index is 13.4. The minimum absolute atomic E-state index is 0.0995. The molecule has 29 heavy (non-hydrogen) atoms. The Morgan fingerprint density at radius 1 is 0.966 bits per heavy atom. The van der Waals surface area contributed by atoms with E-state index in [4.69, 9.17) is 18.6 Å². The Morgan fingerprint density at radius 2 is 1.69 bits per heavy atom. The van der Waals surface area contributed by atoms with Crippen molar-refractivity contribution in [1.29, 1.82) is 0 Å². The summed E-state index contributed by atoms with van der Waals surface area (Å²) in [5.74, 6) is 2.26. The van der Waals surface area contributed by atoms with E-state index in [1.807, 2.05) is 36.4 Å². The van der Waals surface area contributed by atoms with Crippen molar-refractivity contribution >= 4 is 11.6 Å². The molecule has 1 amide bonds. The van der Waals surface area contributed by atoms with Crippen LogP contribution in [0.1, 0.15) is 27.8 Å². The Kier molecular flexibility index (Phi) is 5.03. The van der Waals surface area contributed by atoms with Crippen molar-refractivity contribution in [1.82, 2.24) is 4.90 Å². The lowest BCUT2D eigenvalue weighted by molar-refractivity contribution is 0.0649. The number of hydrogen-bond acceptors (Lipinski definition) is 6. The smallest absolute Gasteiger partial charge is 0.258 e. The van der Waals surface area contributed by atoms with E-state index in [0.29, 0.717) is 35.1 Å². The van der Waals surface area contributed by atoms with E-state index in [1.54, 1.807) is 44.6 Å². The Morgan fingerprint density at radius 3 is 2.38 bits per heavy atom. The third-order valence-corrected chi connectivity index (χ3v) is 4.96. The second-order valence-electron chi connectivity index (χ2n) is 6.55. The molecule has 1 aromatic heterocycles. The maximum atomic E-state index is 13.4.